The molecule has 0 aliphatic carbocycles. The molecule has 6 nitrogen and oxygen atoms in total. The van der Waals surface area contributed by atoms with E-state index in [-0.39, 0.29) is 26.6 Å². The van der Waals surface area contributed by atoms with Gasteiger partial charge >= 0.3 is 235 Å². The van der Waals surface area contributed by atoms with Crippen molar-refractivity contribution < 1.29 is 17.9 Å². The maximum absolute atomic E-state index is 12.5. The molecular formula is C26H23ClF3N5OSSe. The van der Waals surface area contributed by atoms with Crippen LogP contribution in [0.2, 0.25) is 10.8 Å². The van der Waals surface area contributed by atoms with Crippen molar-refractivity contribution >= 4 is 54.9 Å². The first-order chi connectivity index (χ1) is 18.2. The third-order valence-electron chi connectivity index (χ3n) is 5.47. The van der Waals surface area contributed by atoms with Gasteiger partial charge in [0.15, 0.2) is 0 Å². The zero-order chi connectivity index (χ0) is 27.1. The third-order valence-corrected chi connectivity index (χ3v) is 7.53. The second-order valence-corrected chi connectivity index (χ2v) is 11.0. The number of aliphatic imine (C=N–C) groups is 1. The SMILES string of the molecule is C[Se]/C(N)=N\C(=N\Sc1ccc(OC(F)(F)F)cc1)N1CCC(c2ccccc2)C(c2ccc(Cl)cc2)=N1. The number of nitrogens with two attached hydrogens (primary N) is 1. The van der Waals surface area contributed by atoms with E-state index in [1.807, 2.05) is 48.3 Å². The van der Waals surface area contributed by atoms with Gasteiger partial charge < -0.3 is 0 Å². The molecule has 0 saturated carbocycles. The molecule has 4 rings (SSSR count). The van der Waals surface area contributed by atoms with Crippen LogP contribution in [0, 0.1) is 0 Å². The van der Waals surface area contributed by atoms with Gasteiger partial charge in [-0.05, 0) is 0 Å². The van der Waals surface area contributed by atoms with Gasteiger partial charge in [-0.1, -0.05) is 0 Å². The summed E-state index contributed by atoms with van der Waals surface area (Å²) in [6.07, 6.45) is -3.99. The molecule has 3 aromatic rings. The van der Waals surface area contributed by atoms with Crippen molar-refractivity contribution in [3.05, 3.63) is 95.0 Å². The van der Waals surface area contributed by atoms with Crippen molar-refractivity contribution in [3.8, 4) is 5.75 Å². The predicted octanol–water partition coefficient (Wildman–Crippen LogP) is 6.56. The first-order valence-corrected chi connectivity index (χ1v) is 15.1. The van der Waals surface area contributed by atoms with E-state index in [0.717, 1.165) is 35.2 Å². The van der Waals surface area contributed by atoms with Gasteiger partial charge in [0.1, 0.15) is 0 Å². The van der Waals surface area contributed by atoms with Crippen LogP contribution in [0.5, 0.6) is 5.75 Å². The summed E-state index contributed by atoms with van der Waals surface area (Å²) >= 11 is 7.15. The molecule has 38 heavy (non-hydrogen) atoms. The van der Waals surface area contributed by atoms with Crippen LogP contribution in [-0.2, 0) is 0 Å². The van der Waals surface area contributed by atoms with Crippen LogP contribution in [0.4, 0.5) is 13.2 Å². The Balaban J connectivity index is 1.66. The minimum atomic E-state index is -4.75. The topological polar surface area (TPSA) is 75.6 Å². The molecule has 1 aliphatic rings. The zero-order valence-electron chi connectivity index (χ0n) is 20.1. The molecule has 0 bridgehead atoms. The number of hydrogen-bond acceptors (Lipinski definition) is 4. The van der Waals surface area contributed by atoms with Crippen LogP contribution in [-0.4, -0.2) is 49.3 Å². The summed E-state index contributed by atoms with van der Waals surface area (Å²) in [6, 6.07) is 23.1. The number of hydrogen-bond donors (Lipinski definition) is 1. The van der Waals surface area contributed by atoms with Crippen molar-refractivity contribution in [1.82, 2.24) is 5.01 Å². The fraction of sp³-hybridized carbons (Fsp3) is 0.192. The maximum atomic E-state index is 12.5. The van der Waals surface area contributed by atoms with E-state index >= 15 is 0 Å². The average Bonchev–Trinajstić information content (AvgIpc) is 2.91. The van der Waals surface area contributed by atoms with Crippen molar-refractivity contribution in [2.45, 2.75) is 29.4 Å². The van der Waals surface area contributed by atoms with E-state index in [0.29, 0.717) is 27.2 Å². The van der Waals surface area contributed by atoms with E-state index in [1.54, 1.807) is 5.01 Å². The summed E-state index contributed by atoms with van der Waals surface area (Å²) in [5.74, 6) is 2.01. The van der Waals surface area contributed by atoms with Gasteiger partial charge in [0.05, 0.1) is 0 Å². The fourth-order valence-corrected chi connectivity index (χ4v) is 4.81. The quantitative estimate of drug-likeness (QED) is 0.146. The van der Waals surface area contributed by atoms with Gasteiger partial charge in [-0.2, -0.15) is 0 Å². The number of alkyl halides is 3. The Kier molecular flexibility index (Phi) is 9.38. The molecule has 1 aliphatic heterocycles. The van der Waals surface area contributed by atoms with Crippen LogP contribution < -0.4 is 10.5 Å². The van der Waals surface area contributed by atoms with E-state index in [1.165, 1.54) is 24.3 Å². The van der Waals surface area contributed by atoms with Crippen LogP contribution in [0.3, 0.4) is 0 Å². The minimum absolute atomic E-state index is 0.0485. The Morgan fingerprint density at radius 2 is 1.76 bits per heavy atom. The fourth-order valence-electron chi connectivity index (χ4n) is 3.74. The zero-order valence-corrected chi connectivity index (χ0v) is 23.4. The number of nitrogens with zero attached hydrogens (tertiary/aromatic N) is 4. The van der Waals surface area contributed by atoms with Crippen molar-refractivity contribution in [2.24, 2.45) is 20.2 Å². The van der Waals surface area contributed by atoms with Gasteiger partial charge in [-0.15, -0.1) is 0 Å². The van der Waals surface area contributed by atoms with Gasteiger partial charge in [-0.25, -0.2) is 0 Å². The normalized spacial score (nSPS) is 16.8. The first kappa shape index (κ1) is 28.0. The molecule has 0 aromatic heterocycles. The molecule has 2 N–H and O–H groups in total. The second-order valence-electron chi connectivity index (χ2n) is 8.02. The molecule has 0 fully saturated rings. The van der Waals surface area contributed by atoms with Gasteiger partial charge in [0.2, 0.25) is 0 Å². The summed E-state index contributed by atoms with van der Waals surface area (Å²) in [5, 5.41) is 7.31. The molecule has 1 unspecified atom stereocenters. The van der Waals surface area contributed by atoms with Crippen molar-refractivity contribution in [2.75, 3.05) is 6.54 Å². The standard InChI is InChI=1S/C26H23ClF3N5OSSe/c1-38-24(31)32-25(34-37-21-13-11-20(12-14-21)36-26(28,29)30)35-16-15-22(17-5-3-2-4-6-17)23(33-35)18-7-9-19(27)10-8-18/h2-14,22H,15-16H2,1H3,(H2,31,32,34). The van der Waals surface area contributed by atoms with E-state index in [4.69, 9.17) is 22.4 Å². The van der Waals surface area contributed by atoms with Crippen LogP contribution in [0.1, 0.15) is 23.5 Å². The Bertz CT molecular complexity index is 1320. The van der Waals surface area contributed by atoms with E-state index < -0.39 is 6.36 Å². The van der Waals surface area contributed by atoms with Gasteiger partial charge in [-0.3, -0.25) is 0 Å². The molecule has 0 saturated heterocycles. The molecular weight excluding hydrogens is 602 g/mol. The molecule has 0 spiro atoms. The van der Waals surface area contributed by atoms with Crippen LogP contribution in [0.15, 0.2) is 98.2 Å². The summed E-state index contributed by atoms with van der Waals surface area (Å²) in [6.45, 7) is 0.544. The monoisotopic (exact) mass is 625 g/mol. The molecule has 12 heteroatoms. The molecule has 3 aromatic carbocycles. The van der Waals surface area contributed by atoms with Gasteiger partial charge in [0, 0.05) is 0 Å². The Labute approximate surface area is 234 Å². The Morgan fingerprint density at radius 1 is 1.08 bits per heavy atom. The predicted molar refractivity (Wildman–Crippen MR) is 148 cm³/mol. The van der Waals surface area contributed by atoms with E-state index in [9.17, 15) is 13.2 Å². The molecule has 198 valence electrons. The Morgan fingerprint density at radius 3 is 2.39 bits per heavy atom. The summed E-state index contributed by atoms with van der Waals surface area (Å²) in [7, 11) is 0. The number of halogens is 4. The summed E-state index contributed by atoms with van der Waals surface area (Å²) in [5.41, 5.74) is 9.01. The molecule has 0 radical (unpaired) electrons. The number of rotatable bonds is 6. The summed E-state index contributed by atoms with van der Waals surface area (Å²) in [4.78, 5) is 5.12. The number of hydrazone groups is 1. The number of amidine groups is 1. The second kappa shape index (κ2) is 12.7. The van der Waals surface area contributed by atoms with Crippen LogP contribution >= 0.6 is 23.5 Å². The van der Waals surface area contributed by atoms with Crippen molar-refractivity contribution in [3.63, 3.8) is 0 Å². The number of ether oxygens (including phenoxy) is 1. The Hall–Kier alpha value is -2.98. The average molecular weight is 625 g/mol. The number of benzene rings is 3. The van der Waals surface area contributed by atoms with E-state index in [2.05, 4.69) is 26.3 Å². The van der Waals surface area contributed by atoms with Crippen LogP contribution in [0.25, 0.3) is 0 Å². The number of guanidine groups is 1. The van der Waals surface area contributed by atoms with Gasteiger partial charge in [0.25, 0.3) is 0 Å². The first-order valence-electron chi connectivity index (χ1n) is 11.4. The van der Waals surface area contributed by atoms with Crippen molar-refractivity contribution in [1.29, 1.82) is 0 Å². The molecule has 1 atom stereocenters. The molecule has 1 heterocycles. The molecule has 0 amide bonds. The third kappa shape index (κ3) is 7.77. The summed E-state index contributed by atoms with van der Waals surface area (Å²) < 4.78 is 46.3.